The molecule has 2 heterocycles. The number of pyridine rings is 1. The van der Waals surface area contributed by atoms with Gasteiger partial charge in [0.15, 0.2) is 0 Å². The lowest BCUT2D eigenvalue weighted by Crippen LogP contribution is -2.42. The van der Waals surface area contributed by atoms with Gasteiger partial charge in [0, 0.05) is 24.2 Å². The zero-order valence-corrected chi connectivity index (χ0v) is 13.6. The molecule has 0 bridgehead atoms. The Labute approximate surface area is 140 Å². The van der Waals surface area contributed by atoms with Gasteiger partial charge in [0.05, 0.1) is 5.69 Å². The summed E-state index contributed by atoms with van der Waals surface area (Å²) in [5.41, 5.74) is 3.69. The average molecular weight is 326 g/mol. The Morgan fingerprint density at radius 1 is 1.29 bits per heavy atom. The molecule has 1 aromatic carbocycles. The number of carbonyl (C=O) groups excluding carboxylic acids is 1. The highest BCUT2D eigenvalue weighted by atomic mass is 19.1. The van der Waals surface area contributed by atoms with Crippen LogP contribution in [-0.2, 0) is 6.42 Å². The van der Waals surface area contributed by atoms with E-state index in [0.717, 1.165) is 28.8 Å². The molecule has 2 amide bonds. The monoisotopic (exact) mass is 326 g/mol. The fourth-order valence-corrected chi connectivity index (χ4v) is 2.71. The minimum absolute atomic E-state index is 0.137. The fraction of sp³-hybridized carbons (Fsp3) is 0.278. The van der Waals surface area contributed by atoms with E-state index in [1.165, 1.54) is 12.3 Å². The van der Waals surface area contributed by atoms with Crippen molar-refractivity contribution in [2.75, 3.05) is 6.54 Å². The molecule has 0 spiro atoms. The number of amides is 2. The Morgan fingerprint density at radius 2 is 2.08 bits per heavy atom. The largest absolute Gasteiger partial charge is 0.338 e. The standard InChI is InChI=1S/C18H19FN4O/c1-3-20-18(24)23-17-11(2)8-13-5-4-12(9-15(13)22-17)14-6-7-16(19)21-10-14/h4-7,9-11H,3,8H2,1-2H3,(H2,20,22,23,24). The molecule has 1 aliphatic heterocycles. The zero-order chi connectivity index (χ0) is 17.1. The number of urea groups is 1. The lowest BCUT2D eigenvalue weighted by Gasteiger charge is -2.22. The van der Waals surface area contributed by atoms with E-state index < -0.39 is 5.95 Å². The first-order chi connectivity index (χ1) is 11.6. The third-order valence-corrected chi connectivity index (χ3v) is 3.96. The highest BCUT2D eigenvalue weighted by Gasteiger charge is 2.21. The number of aliphatic imine (C=N–C) groups is 1. The first-order valence-corrected chi connectivity index (χ1v) is 7.95. The molecule has 124 valence electrons. The van der Waals surface area contributed by atoms with Gasteiger partial charge < -0.3 is 5.32 Å². The van der Waals surface area contributed by atoms with Gasteiger partial charge in [0.2, 0.25) is 5.95 Å². The number of fused-ring (bicyclic) bond motifs is 1. The summed E-state index contributed by atoms with van der Waals surface area (Å²) in [6, 6.07) is 8.73. The van der Waals surface area contributed by atoms with E-state index in [-0.39, 0.29) is 11.9 Å². The van der Waals surface area contributed by atoms with Gasteiger partial charge in [0.25, 0.3) is 0 Å². The summed E-state index contributed by atoms with van der Waals surface area (Å²) in [7, 11) is 0. The second-order valence-corrected chi connectivity index (χ2v) is 5.80. The van der Waals surface area contributed by atoms with Gasteiger partial charge >= 0.3 is 6.03 Å². The zero-order valence-electron chi connectivity index (χ0n) is 13.6. The van der Waals surface area contributed by atoms with Gasteiger partial charge in [-0.25, -0.2) is 14.8 Å². The van der Waals surface area contributed by atoms with E-state index in [1.807, 2.05) is 32.0 Å². The summed E-state index contributed by atoms with van der Waals surface area (Å²) in [6.07, 6.45) is 2.31. The number of halogens is 1. The molecule has 0 saturated heterocycles. The third-order valence-electron chi connectivity index (χ3n) is 3.96. The van der Waals surface area contributed by atoms with Crippen LogP contribution in [0.2, 0.25) is 0 Å². The van der Waals surface area contributed by atoms with Crippen molar-refractivity contribution in [2.45, 2.75) is 20.3 Å². The number of aromatic nitrogens is 1. The van der Waals surface area contributed by atoms with Gasteiger partial charge in [-0.2, -0.15) is 4.39 Å². The smallest absolute Gasteiger partial charge is 0.320 e. The molecule has 0 fully saturated rings. The molecule has 1 atom stereocenters. The normalized spacial score (nSPS) is 16.1. The summed E-state index contributed by atoms with van der Waals surface area (Å²) in [6.45, 7) is 4.46. The van der Waals surface area contributed by atoms with Gasteiger partial charge in [-0.1, -0.05) is 19.1 Å². The Balaban J connectivity index is 1.91. The quantitative estimate of drug-likeness (QED) is 0.830. The van der Waals surface area contributed by atoms with Crippen molar-refractivity contribution < 1.29 is 9.18 Å². The summed E-state index contributed by atoms with van der Waals surface area (Å²) >= 11 is 0. The molecule has 2 aromatic rings. The second kappa shape index (κ2) is 6.78. The van der Waals surface area contributed by atoms with Crippen LogP contribution in [0.5, 0.6) is 0 Å². The lowest BCUT2D eigenvalue weighted by molar-refractivity contribution is 0.245. The Bertz CT molecular complexity index is 786. The van der Waals surface area contributed by atoms with E-state index >= 15 is 0 Å². The van der Waals surface area contributed by atoms with Crippen molar-refractivity contribution in [3.05, 3.63) is 48.0 Å². The number of nitrogens with one attached hydrogen (secondary N) is 2. The number of hydrogen-bond acceptors (Lipinski definition) is 3. The van der Waals surface area contributed by atoms with E-state index in [2.05, 4.69) is 20.6 Å². The molecule has 3 rings (SSSR count). The number of rotatable bonds is 2. The number of carbonyl (C=O) groups is 1. The summed E-state index contributed by atoms with van der Waals surface area (Å²) in [5.74, 6) is 0.290. The molecule has 24 heavy (non-hydrogen) atoms. The molecule has 0 aliphatic carbocycles. The second-order valence-electron chi connectivity index (χ2n) is 5.80. The van der Waals surface area contributed by atoms with Crippen LogP contribution in [0.4, 0.5) is 14.9 Å². The molecule has 0 radical (unpaired) electrons. The molecular formula is C18H19FN4O. The Morgan fingerprint density at radius 3 is 2.79 bits per heavy atom. The maximum atomic E-state index is 13.0. The number of nitrogens with zero attached hydrogens (tertiary/aromatic N) is 2. The van der Waals surface area contributed by atoms with E-state index in [4.69, 9.17) is 0 Å². The Hall–Kier alpha value is -2.76. The molecular weight excluding hydrogens is 307 g/mol. The minimum Gasteiger partial charge on any atom is -0.338 e. The molecule has 1 aromatic heterocycles. The van der Waals surface area contributed by atoms with Gasteiger partial charge in [-0.05, 0) is 42.7 Å². The van der Waals surface area contributed by atoms with Crippen molar-refractivity contribution in [3.8, 4) is 11.1 Å². The molecule has 1 aliphatic rings. The van der Waals surface area contributed by atoms with Crippen molar-refractivity contribution in [1.29, 1.82) is 0 Å². The van der Waals surface area contributed by atoms with Gasteiger partial charge in [-0.3, -0.25) is 5.32 Å². The van der Waals surface area contributed by atoms with Crippen LogP contribution in [0.25, 0.3) is 11.1 Å². The van der Waals surface area contributed by atoms with Gasteiger partial charge in [-0.15, -0.1) is 0 Å². The maximum Gasteiger partial charge on any atom is 0.320 e. The van der Waals surface area contributed by atoms with Crippen LogP contribution in [0.1, 0.15) is 19.4 Å². The van der Waals surface area contributed by atoms with E-state index in [1.54, 1.807) is 6.07 Å². The van der Waals surface area contributed by atoms with Crippen molar-refractivity contribution >= 4 is 17.6 Å². The minimum atomic E-state index is -0.503. The maximum absolute atomic E-state index is 13.0. The van der Waals surface area contributed by atoms with Gasteiger partial charge in [0.1, 0.15) is 5.84 Å². The van der Waals surface area contributed by atoms with Crippen LogP contribution in [0.15, 0.2) is 41.5 Å². The van der Waals surface area contributed by atoms with Crippen LogP contribution in [0.3, 0.4) is 0 Å². The van der Waals surface area contributed by atoms with Crippen molar-refractivity contribution in [1.82, 2.24) is 15.6 Å². The molecule has 0 saturated carbocycles. The summed E-state index contributed by atoms with van der Waals surface area (Å²) in [5, 5.41) is 5.52. The Kier molecular flexibility index (Phi) is 4.55. The van der Waals surface area contributed by atoms with Crippen molar-refractivity contribution in [2.24, 2.45) is 10.9 Å². The fourth-order valence-electron chi connectivity index (χ4n) is 2.71. The highest BCUT2D eigenvalue weighted by Crippen LogP contribution is 2.32. The first-order valence-electron chi connectivity index (χ1n) is 7.95. The first kappa shape index (κ1) is 16.1. The predicted molar refractivity (Wildman–Crippen MR) is 91.8 cm³/mol. The third kappa shape index (κ3) is 3.42. The number of hydrogen-bond donors (Lipinski definition) is 2. The molecule has 1 unspecified atom stereocenters. The molecule has 6 heteroatoms. The molecule has 2 N–H and O–H groups in total. The molecule has 5 nitrogen and oxygen atoms in total. The topological polar surface area (TPSA) is 66.4 Å². The summed E-state index contributed by atoms with van der Waals surface area (Å²) < 4.78 is 13.0. The van der Waals surface area contributed by atoms with E-state index in [0.29, 0.717) is 12.4 Å². The average Bonchev–Trinajstić information content (AvgIpc) is 2.56. The van der Waals surface area contributed by atoms with Crippen LogP contribution in [-0.4, -0.2) is 23.4 Å². The van der Waals surface area contributed by atoms with Crippen LogP contribution < -0.4 is 10.6 Å². The number of benzene rings is 1. The van der Waals surface area contributed by atoms with E-state index in [9.17, 15) is 9.18 Å². The van der Waals surface area contributed by atoms with Crippen molar-refractivity contribution in [3.63, 3.8) is 0 Å². The summed E-state index contributed by atoms with van der Waals surface area (Å²) in [4.78, 5) is 20.0. The highest BCUT2D eigenvalue weighted by molar-refractivity contribution is 6.01. The van der Waals surface area contributed by atoms with Crippen LogP contribution >= 0.6 is 0 Å². The number of amidine groups is 1. The SMILES string of the molecule is CCNC(=O)NC1=Nc2cc(-c3ccc(F)nc3)ccc2CC1C. The van der Waals surface area contributed by atoms with Crippen LogP contribution in [0, 0.1) is 11.9 Å². The lowest BCUT2D eigenvalue weighted by atomic mass is 9.93. The predicted octanol–water partition coefficient (Wildman–Crippen LogP) is 3.43.